The summed E-state index contributed by atoms with van der Waals surface area (Å²) in [7, 11) is 0. The van der Waals surface area contributed by atoms with Gasteiger partial charge in [0.25, 0.3) is 0 Å². The zero-order chi connectivity index (χ0) is 21.5. The van der Waals surface area contributed by atoms with E-state index in [2.05, 4.69) is 10.2 Å². The number of hydrogen-bond acceptors (Lipinski definition) is 3. The summed E-state index contributed by atoms with van der Waals surface area (Å²) in [5, 5.41) is 12.1. The molecule has 1 fully saturated rings. The molecule has 1 saturated heterocycles. The number of benzene rings is 2. The highest BCUT2D eigenvalue weighted by Crippen LogP contribution is 2.32. The normalized spacial score (nSPS) is 14.9. The van der Waals surface area contributed by atoms with E-state index >= 15 is 0 Å². The third-order valence-corrected chi connectivity index (χ3v) is 5.54. The zero-order valence-corrected chi connectivity index (χ0v) is 17.4. The lowest BCUT2D eigenvalue weighted by Crippen LogP contribution is -2.34. The highest BCUT2D eigenvalue weighted by molar-refractivity contribution is 5.87. The first-order valence-electron chi connectivity index (χ1n) is 10.6. The highest BCUT2D eigenvalue weighted by Gasteiger charge is 2.22. The molecule has 2 aromatic rings. The number of halogens is 1. The van der Waals surface area contributed by atoms with Gasteiger partial charge in [-0.05, 0) is 61.6 Å². The van der Waals surface area contributed by atoms with Crippen LogP contribution in [0.25, 0.3) is 0 Å². The molecule has 30 heavy (non-hydrogen) atoms. The second-order valence-corrected chi connectivity index (χ2v) is 7.84. The van der Waals surface area contributed by atoms with Crippen molar-refractivity contribution in [1.82, 2.24) is 5.32 Å². The molecule has 0 saturated carbocycles. The molecule has 1 aliphatic heterocycles. The van der Waals surface area contributed by atoms with Gasteiger partial charge in [0, 0.05) is 24.3 Å². The summed E-state index contributed by atoms with van der Waals surface area (Å²) in [5.74, 6) is -1.46. The summed E-state index contributed by atoms with van der Waals surface area (Å²) in [6.45, 7) is 3.94. The van der Waals surface area contributed by atoms with E-state index in [1.807, 2.05) is 13.0 Å². The molecular formula is C24H29FN2O3. The van der Waals surface area contributed by atoms with E-state index < -0.39 is 5.97 Å². The lowest BCUT2D eigenvalue weighted by Gasteiger charge is -2.33. The Morgan fingerprint density at radius 2 is 1.80 bits per heavy atom. The summed E-state index contributed by atoms with van der Waals surface area (Å²) in [6.07, 6.45) is 5.17. The van der Waals surface area contributed by atoms with Gasteiger partial charge < -0.3 is 15.3 Å². The standard InChI is InChI=1S/C24H29FN2O3/c1-2-6-21(26-23(28)15-17-7-9-18(10-8-17)24(29)30)20-16-19(25)11-12-22(20)27-13-4-3-5-14-27/h7-12,16,21H,2-6,13-15H2,1H3,(H,26,28)(H,29,30). The molecule has 1 unspecified atom stereocenters. The van der Waals surface area contributed by atoms with Crippen LogP contribution >= 0.6 is 0 Å². The Balaban J connectivity index is 1.77. The van der Waals surface area contributed by atoms with Gasteiger partial charge in [0.05, 0.1) is 18.0 Å². The predicted octanol–water partition coefficient (Wildman–Crippen LogP) is 4.71. The van der Waals surface area contributed by atoms with Crippen molar-refractivity contribution in [2.45, 2.75) is 51.5 Å². The van der Waals surface area contributed by atoms with Gasteiger partial charge in [-0.2, -0.15) is 0 Å². The molecule has 0 aromatic heterocycles. The van der Waals surface area contributed by atoms with Crippen LogP contribution in [0, 0.1) is 5.82 Å². The van der Waals surface area contributed by atoms with E-state index in [1.165, 1.54) is 24.6 Å². The second kappa shape index (κ2) is 10.2. The van der Waals surface area contributed by atoms with Gasteiger partial charge >= 0.3 is 5.97 Å². The number of carbonyl (C=O) groups excluding carboxylic acids is 1. The molecule has 2 N–H and O–H groups in total. The average Bonchev–Trinajstić information content (AvgIpc) is 2.74. The summed E-state index contributed by atoms with van der Waals surface area (Å²) in [6, 6.07) is 10.9. The molecule has 3 rings (SSSR count). The molecule has 1 aliphatic rings. The molecule has 6 heteroatoms. The quantitative estimate of drug-likeness (QED) is 0.659. The minimum absolute atomic E-state index is 0.147. The zero-order valence-electron chi connectivity index (χ0n) is 17.4. The first-order chi connectivity index (χ1) is 14.5. The Morgan fingerprint density at radius 3 is 2.43 bits per heavy atom. The van der Waals surface area contributed by atoms with Gasteiger partial charge in [0.15, 0.2) is 0 Å². The van der Waals surface area contributed by atoms with E-state index in [0.717, 1.165) is 49.2 Å². The fourth-order valence-electron chi connectivity index (χ4n) is 4.02. The number of carboxylic acids is 1. The first kappa shape index (κ1) is 21.8. The molecule has 5 nitrogen and oxygen atoms in total. The molecule has 0 bridgehead atoms. The summed E-state index contributed by atoms with van der Waals surface area (Å²) in [5.41, 5.74) is 2.76. The fourth-order valence-corrected chi connectivity index (χ4v) is 4.02. The van der Waals surface area contributed by atoms with Crippen LogP contribution in [-0.4, -0.2) is 30.1 Å². The molecule has 160 valence electrons. The van der Waals surface area contributed by atoms with Crippen molar-refractivity contribution in [1.29, 1.82) is 0 Å². The Morgan fingerprint density at radius 1 is 1.10 bits per heavy atom. The molecular weight excluding hydrogens is 383 g/mol. The summed E-state index contributed by atoms with van der Waals surface area (Å²) in [4.78, 5) is 26.0. The Kier molecular flexibility index (Phi) is 7.44. The molecule has 0 spiro atoms. The molecule has 1 atom stereocenters. The van der Waals surface area contributed by atoms with Crippen LogP contribution in [-0.2, 0) is 11.2 Å². The van der Waals surface area contributed by atoms with Gasteiger partial charge in [-0.3, -0.25) is 4.79 Å². The monoisotopic (exact) mass is 412 g/mol. The third-order valence-electron chi connectivity index (χ3n) is 5.54. The highest BCUT2D eigenvalue weighted by atomic mass is 19.1. The number of nitrogens with zero attached hydrogens (tertiary/aromatic N) is 1. The number of nitrogens with one attached hydrogen (secondary N) is 1. The summed E-state index contributed by atoms with van der Waals surface area (Å²) < 4.78 is 14.1. The van der Waals surface area contributed by atoms with Crippen LogP contribution in [0.2, 0.25) is 0 Å². The fraction of sp³-hybridized carbons (Fsp3) is 0.417. The SMILES string of the molecule is CCCC(NC(=O)Cc1ccc(C(=O)O)cc1)c1cc(F)ccc1N1CCCCC1. The summed E-state index contributed by atoms with van der Waals surface area (Å²) >= 11 is 0. The maximum absolute atomic E-state index is 14.1. The number of rotatable bonds is 8. The number of anilines is 1. The van der Waals surface area contributed by atoms with E-state index in [4.69, 9.17) is 5.11 Å². The van der Waals surface area contributed by atoms with Crippen molar-refractivity contribution in [2.75, 3.05) is 18.0 Å². The minimum Gasteiger partial charge on any atom is -0.478 e. The van der Waals surface area contributed by atoms with Crippen molar-refractivity contribution < 1.29 is 19.1 Å². The topological polar surface area (TPSA) is 69.6 Å². The van der Waals surface area contributed by atoms with Gasteiger partial charge in [-0.15, -0.1) is 0 Å². The smallest absolute Gasteiger partial charge is 0.335 e. The van der Waals surface area contributed by atoms with E-state index in [-0.39, 0.29) is 29.8 Å². The largest absolute Gasteiger partial charge is 0.478 e. The van der Waals surface area contributed by atoms with Gasteiger partial charge in [0.2, 0.25) is 5.91 Å². The Hall–Kier alpha value is -2.89. The number of amides is 1. The van der Waals surface area contributed by atoms with Gasteiger partial charge in [0.1, 0.15) is 5.82 Å². The van der Waals surface area contributed by atoms with Crippen molar-refractivity contribution in [3.8, 4) is 0 Å². The van der Waals surface area contributed by atoms with Crippen LogP contribution in [0.1, 0.15) is 66.6 Å². The van der Waals surface area contributed by atoms with Crippen molar-refractivity contribution in [2.24, 2.45) is 0 Å². The Labute approximate surface area is 176 Å². The first-order valence-corrected chi connectivity index (χ1v) is 10.6. The van der Waals surface area contributed by atoms with E-state index in [1.54, 1.807) is 18.2 Å². The number of aromatic carboxylic acids is 1. The second-order valence-electron chi connectivity index (χ2n) is 7.84. The lowest BCUT2D eigenvalue weighted by atomic mass is 9.97. The molecule has 1 heterocycles. The maximum atomic E-state index is 14.1. The third kappa shape index (κ3) is 5.59. The van der Waals surface area contributed by atoms with Gasteiger partial charge in [-0.25, -0.2) is 9.18 Å². The van der Waals surface area contributed by atoms with Crippen LogP contribution in [0.4, 0.5) is 10.1 Å². The number of carbonyl (C=O) groups is 2. The molecule has 2 aromatic carbocycles. The van der Waals surface area contributed by atoms with Gasteiger partial charge in [-0.1, -0.05) is 25.5 Å². The molecule has 0 radical (unpaired) electrons. The van der Waals surface area contributed by atoms with Crippen LogP contribution in [0.5, 0.6) is 0 Å². The number of carboxylic acid groups (broad SMARTS) is 1. The van der Waals surface area contributed by atoms with Crippen LogP contribution in [0.3, 0.4) is 0 Å². The van der Waals surface area contributed by atoms with E-state index in [9.17, 15) is 14.0 Å². The molecule has 0 aliphatic carbocycles. The Bertz CT molecular complexity index is 877. The lowest BCUT2D eigenvalue weighted by molar-refractivity contribution is -0.121. The minimum atomic E-state index is -0.995. The van der Waals surface area contributed by atoms with Crippen LogP contribution < -0.4 is 10.2 Å². The predicted molar refractivity (Wildman–Crippen MR) is 115 cm³/mol. The average molecular weight is 413 g/mol. The van der Waals surface area contributed by atoms with E-state index in [0.29, 0.717) is 6.42 Å². The number of piperidine rings is 1. The van der Waals surface area contributed by atoms with Crippen molar-refractivity contribution in [3.05, 3.63) is 65.0 Å². The molecule has 1 amide bonds. The number of hydrogen-bond donors (Lipinski definition) is 2. The van der Waals surface area contributed by atoms with Crippen molar-refractivity contribution in [3.63, 3.8) is 0 Å². The van der Waals surface area contributed by atoms with Crippen molar-refractivity contribution >= 4 is 17.6 Å². The van der Waals surface area contributed by atoms with Crippen LogP contribution in [0.15, 0.2) is 42.5 Å². The maximum Gasteiger partial charge on any atom is 0.335 e.